The second-order valence-corrected chi connectivity index (χ2v) is 1.18. The maximum absolute atomic E-state index is 10.1. The Morgan fingerprint density at radius 2 is 2.20 bits per heavy atom. The Morgan fingerprint density at radius 1 is 1.60 bits per heavy atom. The smallest absolute Gasteiger partial charge is 0.349 e. The molecule has 0 saturated heterocycles. The van der Waals surface area contributed by atoms with E-state index in [2.05, 4.69) is 9.47 Å². The van der Waals surface area contributed by atoms with Gasteiger partial charge < -0.3 is 9.47 Å². The van der Waals surface area contributed by atoms with Gasteiger partial charge in [-0.25, -0.2) is 15.0 Å². The molecule has 1 rings (SSSR count). The fourth-order valence-corrected chi connectivity index (χ4v) is 0.293. The quantitative estimate of drug-likeness (QED) is 0.292. The molecule has 1 heterocycles. The zero-order valence-electron chi connectivity index (χ0n) is 4.99. The number of cyclic esters (lactones) is 1. The third kappa shape index (κ3) is 4.55. The molecule has 0 amide bonds. The van der Waals surface area contributed by atoms with Gasteiger partial charge in [0.1, 0.15) is 12.5 Å². The Balaban J connectivity index is 0.000000236. The number of carbonyl (C=O) groups excluding carboxylic acids is 2. The van der Waals surface area contributed by atoms with Crippen molar-refractivity contribution >= 4 is 12.0 Å². The Bertz CT molecular complexity index is 168. The van der Waals surface area contributed by atoms with E-state index in [4.69, 9.17) is 10.2 Å². The van der Waals surface area contributed by atoms with Crippen LogP contribution in [0.25, 0.3) is 0 Å². The fourth-order valence-electron chi connectivity index (χ4n) is 0.293. The molecule has 0 aromatic rings. The Morgan fingerprint density at radius 3 is 2.40 bits per heavy atom. The predicted molar refractivity (Wildman–Crippen MR) is 29.6 cm³/mol. The van der Waals surface area contributed by atoms with Crippen LogP contribution in [0.2, 0.25) is 0 Å². The minimum absolute atomic E-state index is 0.0382. The van der Waals surface area contributed by atoms with E-state index in [1.165, 1.54) is 12.5 Å². The molecule has 0 atom stereocenters. The summed E-state index contributed by atoms with van der Waals surface area (Å²) in [5, 5.41) is 5.40. The van der Waals surface area contributed by atoms with Crippen LogP contribution in [0.4, 0.5) is 0 Å². The van der Waals surface area contributed by atoms with Crippen LogP contribution in [0.3, 0.4) is 0 Å². The van der Waals surface area contributed by atoms with Gasteiger partial charge in [0.25, 0.3) is 0 Å². The third-order valence-electron chi connectivity index (χ3n) is 0.552. The van der Waals surface area contributed by atoms with Crippen molar-refractivity contribution in [2.75, 3.05) is 6.61 Å². The molecule has 1 N–H and O–H groups in total. The summed E-state index contributed by atoms with van der Waals surface area (Å²) in [7, 11) is 0. The highest BCUT2D eigenvalue weighted by molar-refractivity contribution is 5.71. The van der Waals surface area contributed by atoms with Crippen LogP contribution < -0.4 is 0 Å². The van der Waals surface area contributed by atoms with E-state index in [1.54, 1.807) is 0 Å². The van der Waals surface area contributed by atoms with Gasteiger partial charge in [0, 0.05) is 0 Å². The zero-order chi connectivity index (χ0) is 7.82. The highest BCUT2D eigenvalue weighted by atomic mass is 16.6. The molecule has 0 aliphatic carbocycles. The van der Waals surface area contributed by atoms with Crippen LogP contribution >= 0.6 is 0 Å². The maximum atomic E-state index is 10.1. The summed E-state index contributed by atoms with van der Waals surface area (Å²) in [6.45, 7) is 0.0382. The summed E-state index contributed by atoms with van der Waals surface area (Å²) in [5.41, 5.74) is 0. The van der Waals surface area contributed by atoms with E-state index in [1.807, 2.05) is 0 Å². The van der Waals surface area contributed by atoms with Crippen molar-refractivity contribution in [1.82, 2.24) is 0 Å². The van der Waals surface area contributed by atoms with Gasteiger partial charge in [0.05, 0.1) is 0 Å². The van der Waals surface area contributed by atoms with Crippen molar-refractivity contribution in [2.24, 2.45) is 0 Å². The van der Waals surface area contributed by atoms with Gasteiger partial charge in [-0.15, -0.1) is 0 Å². The molecule has 54 valence electrons. The molecule has 0 unspecified atom stereocenters. The molecule has 0 aromatic heterocycles. The fraction of sp³-hybridized carbons (Fsp3) is 0.200. The summed E-state index contributed by atoms with van der Waals surface area (Å²) >= 11 is 0. The summed E-state index contributed by atoms with van der Waals surface area (Å²) < 4.78 is 8.86. The van der Waals surface area contributed by atoms with Crippen LogP contribution in [0.1, 0.15) is 0 Å². The van der Waals surface area contributed by atoms with Crippen molar-refractivity contribution in [2.45, 2.75) is 0 Å². The summed E-state index contributed by atoms with van der Waals surface area (Å²) in [6.07, 6.45) is 3.30. The Hall–Kier alpha value is -1.61. The van der Waals surface area contributed by atoms with Crippen LogP contribution in [-0.2, 0) is 19.1 Å². The molecule has 0 saturated carbocycles. The first-order valence-electron chi connectivity index (χ1n) is 2.31. The van der Waals surface area contributed by atoms with Gasteiger partial charge in [-0.1, -0.05) is 0 Å². The molecule has 5 nitrogen and oxygen atoms in total. The van der Waals surface area contributed by atoms with E-state index in [0.717, 1.165) is 6.08 Å². The summed E-state index contributed by atoms with van der Waals surface area (Å²) in [4.78, 5) is 18.4. The topological polar surface area (TPSA) is 76.5 Å². The Labute approximate surface area is 56.7 Å². The summed E-state index contributed by atoms with van der Waals surface area (Å²) in [5.74, 6) is -0.345. The van der Waals surface area contributed by atoms with Gasteiger partial charge in [-0.2, -0.15) is 0 Å². The lowest BCUT2D eigenvalue weighted by atomic mass is 10.7. The third-order valence-corrected chi connectivity index (χ3v) is 0.552. The molecule has 0 aromatic carbocycles. The lowest BCUT2D eigenvalue weighted by Gasteiger charge is -2.02. The van der Waals surface area contributed by atoms with Crippen molar-refractivity contribution in [3.05, 3.63) is 12.5 Å². The molecule has 1 aliphatic heterocycles. The molecule has 0 spiro atoms. The normalized spacial score (nSPS) is 13.4. The molecule has 0 bridgehead atoms. The standard InChI is InChI=1S/C4H4O3.CHNO/c5-4-3-6-1-2-7-4;2-1-3/h1-2H,3H2;2H. The largest absolute Gasteiger partial charge is 0.486 e. The van der Waals surface area contributed by atoms with Gasteiger partial charge in [0.15, 0.2) is 6.61 Å². The molecule has 5 heteroatoms. The van der Waals surface area contributed by atoms with Crippen molar-refractivity contribution in [3.63, 3.8) is 0 Å². The number of ether oxygens (including phenoxy) is 2. The second kappa shape index (κ2) is 5.53. The first kappa shape index (κ1) is 8.39. The second-order valence-electron chi connectivity index (χ2n) is 1.18. The van der Waals surface area contributed by atoms with E-state index in [9.17, 15) is 4.79 Å². The summed E-state index contributed by atoms with van der Waals surface area (Å²) in [6, 6.07) is 0. The molecule has 1 aliphatic rings. The predicted octanol–water partition coefficient (Wildman–Crippen LogP) is -0.0680. The minimum Gasteiger partial charge on any atom is -0.486 e. The SMILES string of the molecule is N=C=O.O=C1COC=CO1. The molecule has 10 heavy (non-hydrogen) atoms. The average Bonchev–Trinajstić information content (AvgIpc) is 1.91. The highest BCUT2D eigenvalue weighted by Crippen LogP contribution is 1.90. The van der Waals surface area contributed by atoms with Crippen molar-refractivity contribution in [1.29, 1.82) is 5.41 Å². The van der Waals surface area contributed by atoms with Crippen LogP contribution in [-0.4, -0.2) is 18.7 Å². The maximum Gasteiger partial charge on any atom is 0.349 e. The number of hydrogen-bond donors (Lipinski definition) is 1. The van der Waals surface area contributed by atoms with Crippen molar-refractivity contribution < 1.29 is 19.1 Å². The van der Waals surface area contributed by atoms with Gasteiger partial charge in [-0.05, 0) is 0 Å². The average molecular weight is 143 g/mol. The van der Waals surface area contributed by atoms with E-state index >= 15 is 0 Å². The molecular formula is C5H5NO4. The van der Waals surface area contributed by atoms with E-state index in [0.29, 0.717) is 0 Å². The number of nitrogens with one attached hydrogen (secondary N) is 1. The zero-order valence-corrected chi connectivity index (χ0v) is 4.99. The van der Waals surface area contributed by atoms with Gasteiger partial charge in [-0.3, -0.25) is 0 Å². The molecular weight excluding hydrogens is 138 g/mol. The van der Waals surface area contributed by atoms with Crippen LogP contribution in [0, 0.1) is 5.41 Å². The number of carbonyl (C=O) groups is 1. The first-order valence-corrected chi connectivity index (χ1v) is 2.31. The molecule has 0 radical (unpaired) electrons. The Kier molecular flexibility index (Phi) is 4.64. The van der Waals surface area contributed by atoms with Crippen molar-refractivity contribution in [3.8, 4) is 0 Å². The monoisotopic (exact) mass is 143 g/mol. The minimum atomic E-state index is -0.345. The number of hydrogen-bond acceptors (Lipinski definition) is 5. The first-order chi connectivity index (χ1) is 4.81. The van der Waals surface area contributed by atoms with E-state index < -0.39 is 0 Å². The van der Waals surface area contributed by atoms with E-state index in [-0.39, 0.29) is 12.6 Å². The van der Waals surface area contributed by atoms with Crippen LogP contribution in [0.15, 0.2) is 12.5 Å². The molecule has 0 fully saturated rings. The lowest BCUT2D eigenvalue weighted by Crippen LogP contribution is -2.10. The van der Waals surface area contributed by atoms with Crippen LogP contribution in [0.5, 0.6) is 0 Å². The van der Waals surface area contributed by atoms with Gasteiger partial charge >= 0.3 is 5.97 Å². The number of isocyanates is 1. The highest BCUT2D eigenvalue weighted by Gasteiger charge is 2.02. The number of esters is 1. The van der Waals surface area contributed by atoms with Gasteiger partial charge in [0.2, 0.25) is 6.08 Å². The lowest BCUT2D eigenvalue weighted by molar-refractivity contribution is -0.143. The number of rotatable bonds is 0.